The Labute approximate surface area is 128 Å². The lowest BCUT2D eigenvalue weighted by molar-refractivity contribution is 0.419. The van der Waals surface area contributed by atoms with Crippen LogP contribution >= 0.6 is 12.4 Å². The molecule has 0 aliphatic carbocycles. The van der Waals surface area contributed by atoms with Crippen molar-refractivity contribution in [2.75, 3.05) is 7.11 Å². The summed E-state index contributed by atoms with van der Waals surface area (Å²) >= 11 is -0.310. The van der Waals surface area contributed by atoms with Crippen molar-refractivity contribution in [2.24, 2.45) is 0 Å². The number of hydrogen-bond acceptors (Lipinski definition) is 6. The molecule has 3 aromatic rings. The van der Waals surface area contributed by atoms with Crippen molar-refractivity contribution >= 4 is 23.3 Å². The van der Waals surface area contributed by atoms with Crippen LogP contribution in [0.4, 0.5) is 8.28 Å². The van der Waals surface area contributed by atoms with Gasteiger partial charge in [0.05, 0.1) is 24.4 Å². The van der Waals surface area contributed by atoms with E-state index >= 15 is 0 Å². The molecule has 112 valence electrons. The van der Waals surface area contributed by atoms with Gasteiger partial charge in [0.25, 0.3) is 12.4 Å². The molecule has 0 spiro atoms. The molecule has 0 bridgehead atoms. The Morgan fingerprint density at radius 3 is 2.68 bits per heavy atom. The van der Waals surface area contributed by atoms with Crippen LogP contribution in [0.25, 0.3) is 22.2 Å². The lowest BCUT2D eigenvalue weighted by Crippen LogP contribution is -1.94. The second-order valence-corrected chi connectivity index (χ2v) is 4.55. The van der Waals surface area contributed by atoms with E-state index in [1.165, 1.54) is 25.6 Å². The molecule has 5 nitrogen and oxygen atoms in total. The van der Waals surface area contributed by atoms with Gasteiger partial charge in [-0.3, -0.25) is 4.98 Å². The number of hydrogen-bond donors (Lipinski definition) is 0. The molecule has 0 N–H and O–H groups in total. The van der Waals surface area contributed by atoms with Crippen molar-refractivity contribution < 1.29 is 17.2 Å². The van der Waals surface area contributed by atoms with Gasteiger partial charge in [0.15, 0.2) is 0 Å². The van der Waals surface area contributed by atoms with E-state index in [4.69, 9.17) is 8.92 Å². The number of ether oxygens (including phenoxy) is 1. The van der Waals surface area contributed by atoms with Crippen molar-refractivity contribution in [3.8, 4) is 22.9 Å². The lowest BCUT2D eigenvalue weighted by Gasteiger charge is -2.10. The fraction of sp³-hybridized carbons (Fsp3) is 0.0714. The zero-order valence-corrected chi connectivity index (χ0v) is 12.1. The van der Waals surface area contributed by atoms with E-state index < -0.39 is 5.82 Å². The van der Waals surface area contributed by atoms with Gasteiger partial charge in [0, 0.05) is 5.56 Å². The summed E-state index contributed by atoms with van der Waals surface area (Å²) in [5.74, 6) is 0.0900. The molecule has 0 saturated heterocycles. The van der Waals surface area contributed by atoms with Crippen LogP contribution in [0.3, 0.4) is 0 Å². The average Bonchev–Trinajstić information content (AvgIpc) is 2.55. The molecule has 0 aliphatic heterocycles. The van der Waals surface area contributed by atoms with E-state index in [-0.39, 0.29) is 18.3 Å². The molecule has 0 atom stereocenters. The summed E-state index contributed by atoms with van der Waals surface area (Å²) in [5, 5.41) is 0.466. The molecule has 2 aromatic heterocycles. The molecule has 22 heavy (non-hydrogen) atoms. The van der Waals surface area contributed by atoms with Crippen LogP contribution in [0.2, 0.25) is 0 Å². The van der Waals surface area contributed by atoms with Gasteiger partial charge in [0.2, 0.25) is 5.88 Å². The maximum Gasteiger partial charge on any atom is 0.273 e. The molecule has 0 radical (unpaired) electrons. The summed E-state index contributed by atoms with van der Waals surface area (Å²) in [6.07, 6.45) is 2.37. The number of pyridine rings is 1. The molecule has 1 aromatic carbocycles. The van der Waals surface area contributed by atoms with Crippen LogP contribution < -0.4 is 8.92 Å². The predicted molar refractivity (Wildman–Crippen MR) is 78.6 cm³/mol. The Morgan fingerprint density at radius 2 is 2.00 bits per heavy atom. The van der Waals surface area contributed by atoms with Crippen LogP contribution in [0.5, 0.6) is 11.6 Å². The third kappa shape index (κ3) is 2.64. The first-order chi connectivity index (χ1) is 10.7. The molecular formula is C14H9F2N3O2S. The Kier molecular flexibility index (Phi) is 4.01. The van der Waals surface area contributed by atoms with E-state index in [1.54, 1.807) is 12.1 Å². The summed E-state index contributed by atoms with van der Waals surface area (Å²) in [4.78, 5) is 12.0. The summed E-state index contributed by atoms with van der Waals surface area (Å²) in [5.41, 5.74) is 1.66. The third-order valence-electron chi connectivity index (χ3n) is 3.02. The Balaban J connectivity index is 2.23. The summed E-state index contributed by atoms with van der Waals surface area (Å²) in [7, 11) is 1.49. The first-order valence-electron chi connectivity index (χ1n) is 6.13. The van der Waals surface area contributed by atoms with E-state index in [2.05, 4.69) is 15.0 Å². The van der Waals surface area contributed by atoms with Gasteiger partial charge in [-0.25, -0.2) is 14.4 Å². The van der Waals surface area contributed by atoms with Crippen LogP contribution in [0, 0.1) is 5.82 Å². The Hall–Kier alpha value is -2.48. The average molecular weight is 321 g/mol. The molecule has 8 heteroatoms. The van der Waals surface area contributed by atoms with Gasteiger partial charge in [-0.05, 0) is 24.3 Å². The third-order valence-corrected chi connectivity index (χ3v) is 3.24. The van der Waals surface area contributed by atoms with E-state index in [9.17, 15) is 8.28 Å². The molecule has 0 aliphatic rings. The molecule has 0 unspecified atom stereocenters. The maximum absolute atomic E-state index is 13.0. The van der Waals surface area contributed by atoms with Gasteiger partial charge in [0.1, 0.15) is 23.4 Å². The normalized spacial score (nSPS) is 10.7. The number of fused-ring (bicyclic) bond motifs is 1. The fourth-order valence-corrected chi connectivity index (χ4v) is 2.25. The number of benzene rings is 1. The Bertz CT molecular complexity index is 815. The fourth-order valence-electron chi connectivity index (χ4n) is 2.06. The van der Waals surface area contributed by atoms with Gasteiger partial charge in [-0.2, -0.15) is 0 Å². The monoisotopic (exact) mass is 321 g/mol. The highest BCUT2D eigenvalue weighted by atomic mass is 32.2. The van der Waals surface area contributed by atoms with Crippen LogP contribution in [-0.4, -0.2) is 22.1 Å². The van der Waals surface area contributed by atoms with Gasteiger partial charge >= 0.3 is 0 Å². The highest BCUT2D eigenvalue weighted by molar-refractivity contribution is 7.89. The van der Waals surface area contributed by atoms with E-state index in [1.807, 2.05) is 0 Å². The van der Waals surface area contributed by atoms with E-state index in [0.29, 0.717) is 27.9 Å². The first kappa shape index (κ1) is 14.5. The topological polar surface area (TPSA) is 57.1 Å². The Morgan fingerprint density at radius 1 is 1.14 bits per heavy atom. The highest BCUT2D eigenvalue weighted by Crippen LogP contribution is 2.35. The second-order valence-electron chi connectivity index (χ2n) is 4.26. The minimum atomic E-state index is -0.433. The minimum absolute atomic E-state index is 0.0692. The molecule has 2 heterocycles. The second kappa shape index (κ2) is 6.10. The van der Waals surface area contributed by atoms with Crippen molar-refractivity contribution in [1.29, 1.82) is 0 Å². The number of halogens is 2. The molecule has 0 amide bonds. The molecule has 0 fully saturated rings. The zero-order chi connectivity index (χ0) is 15.5. The highest BCUT2D eigenvalue weighted by Gasteiger charge is 2.14. The molecule has 3 rings (SSSR count). The first-order valence-corrected chi connectivity index (χ1v) is 6.77. The summed E-state index contributed by atoms with van der Waals surface area (Å²) in [6.45, 7) is 0. The van der Waals surface area contributed by atoms with Crippen LogP contribution in [-0.2, 0) is 0 Å². The van der Waals surface area contributed by atoms with Crippen LogP contribution in [0.1, 0.15) is 0 Å². The molecule has 0 saturated carbocycles. The summed E-state index contributed by atoms with van der Waals surface area (Å²) in [6, 6.07) is 6.23. The van der Waals surface area contributed by atoms with Crippen molar-refractivity contribution in [3.63, 3.8) is 0 Å². The maximum atomic E-state index is 13.0. The van der Waals surface area contributed by atoms with E-state index in [0.717, 1.165) is 6.20 Å². The van der Waals surface area contributed by atoms with Crippen LogP contribution in [0.15, 0.2) is 36.8 Å². The van der Waals surface area contributed by atoms with Gasteiger partial charge in [-0.1, -0.05) is 0 Å². The number of nitrogens with zero attached hydrogens (tertiary/aromatic N) is 3. The largest absolute Gasteiger partial charge is 0.494 e. The van der Waals surface area contributed by atoms with Gasteiger partial charge in [-0.15, -0.1) is 3.89 Å². The smallest absolute Gasteiger partial charge is 0.273 e. The molecular weight excluding hydrogens is 312 g/mol. The number of rotatable bonds is 4. The number of methoxy groups -OCH3 is 1. The zero-order valence-electron chi connectivity index (χ0n) is 11.3. The standard InChI is InChI=1S/C14H9F2N3O2S/c1-20-12-5-8(11-3-2-9(15)6-17-11)4-10-13(12)18-7-19-14(10)21-22-16/h2-7H,1H3. The number of aromatic nitrogens is 3. The van der Waals surface area contributed by atoms with Crippen molar-refractivity contribution in [2.45, 2.75) is 0 Å². The summed E-state index contributed by atoms with van der Waals surface area (Å²) < 4.78 is 35.5. The minimum Gasteiger partial charge on any atom is -0.494 e. The van der Waals surface area contributed by atoms with Crippen molar-refractivity contribution in [3.05, 3.63) is 42.6 Å². The predicted octanol–water partition coefficient (Wildman–Crippen LogP) is 3.75. The van der Waals surface area contributed by atoms with Gasteiger partial charge < -0.3 is 8.92 Å². The quantitative estimate of drug-likeness (QED) is 0.682. The SMILES string of the molecule is COc1cc(-c2ccc(F)cn2)cc2c(OSF)ncnc12. The van der Waals surface area contributed by atoms with Crippen molar-refractivity contribution in [1.82, 2.24) is 15.0 Å². The lowest BCUT2D eigenvalue weighted by atomic mass is 10.1.